The number of pyridine rings is 1. The molecule has 1 saturated heterocycles. The highest BCUT2D eigenvalue weighted by molar-refractivity contribution is 5.30. The van der Waals surface area contributed by atoms with Crippen LogP contribution in [0.1, 0.15) is 17.8 Å². The molecule has 1 fully saturated rings. The molecule has 7 heteroatoms. The molecule has 1 aliphatic heterocycles. The third-order valence-corrected chi connectivity index (χ3v) is 4.55. The molecule has 0 saturated carbocycles. The number of hydrogen-bond donors (Lipinski definition) is 0. The van der Waals surface area contributed by atoms with Gasteiger partial charge in [0.25, 0.3) is 0 Å². The summed E-state index contributed by atoms with van der Waals surface area (Å²) < 4.78 is 8.25. The van der Waals surface area contributed by atoms with Crippen molar-refractivity contribution in [2.45, 2.75) is 25.6 Å². The predicted octanol–water partition coefficient (Wildman–Crippen LogP) is 1.84. The second-order valence-corrected chi connectivity index (χ2v) is 7.02. The number of hydrogen-bond acceptors (Lipinski definition) is 6. The highest BCUT2D eigenvalue weighted by Gasteiger charge is 2.25. The van der Waals surface area contributed by atoms with Gasteiger partial charge in [-0.1, -0.05) is 0 Å². The Bertz CT molecular complexity index is 877. The van der Waals surface area contributed by atoms with Gasteiger partial charge in [-0.15, -0.1) is 0 Å². The van der Waals surface area contributed by atoms with Gasteiger partial charge < -0.3 is 9.64 Å². The summed E-state index contributed by atoms with van der Waals surface area (Å²) in [7, 11) is 4.08. The largest absolute Gasteiger partial charge is 0.489 e. The smallest absolute Gasteiger partial charge is 0.233 e. The topological polar surface area (TPSA) is 58.8 Å². The number of ether oxygens (including phenoxy) is 1. The van der Waals surface area contributed by atoms with Crippen molar-refractivity contribution < 1.29 is 4.74 Å². The van der Waals surface area contributed by atoms with E-state index in [1.165, 1.54) is 0 Å². The third-order valence-electron chi connectivity index (χ3n) is 4.55. The van der Waals surface area contributed by atoms with Gasteiger partial charge >= 0.3 is 0 Å². The van der Waals surface area contributed by atoms with Crippen molar-refractivity contribution >= 4 is 5.78 Å². The molecule has 4 rings (SSSR count). The summed E-state index contributed by atoms with van der Waals surface area (Å²) in [5.74, 6) is 1.66. The summed E-state index contributed by atoms with van der Waals surface area (Å²) >= 11 is 0. The van der Waals surface area contributed by atoms with Crippen LogP contribution in [-0.2, 0) is 13.1 Å². The van der Waals surface area contributed by atoms with Crippen molar-refractivity contribution in [2.75, 3.05) is 27.2 Å². The average Bonchev–Trinajstić information content (AvgIpc) is 3.22. The molecule has 3 aromatic heterocycles. The molecule has 1 unspecified atom stereocenters. The fourth-order valence-electron chi connectivity index (χ4n) is 3.39. The molecule has 1 aliphatic rings. The van der Waals surface area contributed by atoms with E-state index in [-0.39, 0.29) is 6.10 Å². The molecule has 7 nitrogen and oxygen atoms in total. The Morgan fingerprint density at radius 3 is 3.04 bits per heavy atom. The van der Waals surface area contributed by atoms with Crippen LogP contribution < -0.4 is 4.74 Å². The number of aromatic nitrogens is 4. The van der Waals surface area contributed by atoms with Crippen molar-refractivity contribution in [3.63, 3.8) is 0 Å². The van der Waals surface area contributed by atoms with E-state index in [1.54, 1.807) is 6.20 Å². The molecule has 0 bridgehead atoms. The first-order chi connectivity index (χ1) is 12.7. The minimum absolute atomic E-state index is 0.210. The monoisotopic (exact) mass is 352 g/mol. The van der Waals surface area contributed by atoms with Crippen LogP contribution >= 0.6 is 0 Å². The van der Waals surface area contributed by atoms with Crippen molar-refractivity contribution in [1.29, 1.82) is 0 Å². The van der Waals surface area contributed by atoms with Crippen molar-refractivity contribution in [1.82, 2.24) is 29.2 Å². The van der Waals surface area contributed by atoms with E-state index in [9.17, 15) is 0 Å². The van der Waals surface area contributed by atoms with Crippen molar-refractivity contribution in [2.24, 2.45) is 0 Å². The van der Waals surface area contributed by atoms with Crippen LogP contribution in [0.5, 0.6) is 5.75 Å². The van der Waals surface area contributed by atoms with Gasteiger partial charge in [-0.2, -0.15) is 0 Å². The summed E-state index contributed by atoms with van der Waals surface area (Å²) in [5, 5.41) is 0. The summed E-state index contributed by atoms with van der Waals surface area (Å²) in [6.45, 7) is 3.61. The zero-order chi connectivity index (χ0) is 17.9. The fourth-order valence-corrected chi connectivity index (χ4v) is 3.39. The van der Waals surface area contributed by atoms with E-state index < -0.39 is 0 Å². The normalized spacial score (nSPS) is 18.0. The maximum absolute atomic E-state index is 6.20. The lowest BCUT2D eigenvalue weighted by Crippen LogP contribution is -2.25. The third kappa shape index (κ3) is 3.84. The second kappa shape index (κ2) is 7.39. The second-order valence-electron chi connectivity index (χ2n) is 7.02. The average molecular weight is 352 g/mol. The molecular formula is C19H24N6O. The van der Waals surface area contributed by atoms with Gasteiger partial charge in [-0.25, -0.2) is 9.97 Å². The molecule has 0 amide bonds. The molecule has 1 atom stereocenters. The van der Waals surface area contributed by atoms with E-state index in [0.29, 0.717) is 0 Å². The van der Waals surface area contributed by atoms with E-state index in [4.69, 9.17) is 4.74 Å². The minimum Gasteiger partial charge on any atom is -0.489 e. The molecule has 26 heavy (non-hydrogen) atoms. The Morgan fingerprint density at radius 2 is 2.15 bits per heavy atom. The van der Waals surface area contributed by atoms with Crippen LogP contribution in [0, 0.1) is 0 Å². The van der Waals surface area contributed by atoms with Crippen LogP contribution in [0.4, 0.5) is 0 Å². The first-order valence-electron chi connectivity index (χ1n) is 8.93. The predicted molar refractivity (Wildman–Crippen MR) is 98.9 cm³/mol. The first kappa shape index (κ1) is 16.9. The first-order valence-corrected chi connectivity index (χ1v) is 8.93. The van der Waals surface area contributed by atoms with Gasteiger partial charge in [0.15, 0.2) is 0 Å². The molecule has 3 aromatic rings. The number of rotatable bonds is 6. The Morgan fingerprint density at radius 1 is 1.23 bits per heavy atom. The summed E-state index contributed by atoms with van der Waals surface area (Å²) in [6.07, 6.45) is 8.75. The van der Waals surface area contributed by atoms with Crippen LogP contribution in [0.15, 0.2) is 43.0 Å². The highest BCUT2D eigenvalue weighted by atomic mass is 16.5. The molecule has 0 radical (unpaired) electrons. The summed E-state index contributed by atoms with van der Waals surface area (Å²) in [4.78, 5) is 17.6. The summed E-state index contributed by atoms with van der Waals surface area (Å²) in [6, 6.07) is 5.92. The van der Waals surface area contributed by atoms with Gasteiger partial charge in [0.05, 0.1) is 17.6 Å². The van der Waals surface area contributed by atoms with Crippen LogP contribution in [0.3, 0.4) is 0 Å². The lowest BCUT2D eigenvalue weighted by Gasteiger charge is -2.17. The Kier molecular flexibility index (Phi) is 4.81. The van der Waals surface area contributed by atoms with E-state index in [1.807, 2.05) is 55.3 Å². The van der Waals surface area contributed by atoms with Crippen LogP contribution in [0.2, 0.25) is 0 Å². The van der Waals surface area contributed by atoms with Gasteiger partial charge in [0.2, 0.25) is 5.78 Å². The quantitative estimate of drug-likeness (QED) is 0.675. The molecule has 0 aromatic carbocycles. The number of fused-ring (bicyclic) bond motifs is 1. The molecular weight excluding hydrogens is 328 g/mol. The highest BCUT2D eigenvalue weighted by Crippen LogP contribution is 2.20. The molecule has 0 aliphatic carbocycles. The fraction of sp³-hybridized carbons (Fsp3) is 0.421. The van der Waals surface area contributed by atoms with Gasteiger partial charge in [0, 0.05) is 50.8 Å². The Hall–Kier alpha value is -2.51. The van der Waals surface area contributed by atoms with Crippen LogP contribution in [-0.4, -0.2) is 62.4 Å². The molecule has 0 spiro atoms. The van der Waals surface area contributed by atoms with Crippen molar-refractivity contribution in [3.05, 3.63) is 54.4 Å². The zero-order valence-electron chi connectivity index (χ0n) is 15.2. The van der Waals surface area contributed by atoms with Gasteiger partial charge in [-0.3, -0.25) is 14.3 Å². The number of imidazole rings is 1. The number of nitrogens with zero attached hydrogens (tertiary/aromatic N) is 6. The van der Waals surface area contributed by atoms with E-state index in [0.717, 1.165) is 55.5 Å². The van der Waals surface area contributed by atoms with Gasteiger partial charge in [0.1, 0.15) is 11.9 Å². The van der Waals surface area contributed by atoms with E-state index in [2.05, 4.69) is 24.8 Å². The standard InChI is InChI=1S/C19H24N6O/c1-23(2)12-15-10-17(4-7-20-15)26-18-5-9-24(14-18)13-16-11-22-19-21-6-3-8-25(16)19/h3-4,6-8,10-11,18H,5,9,12-14H2,1-2H3. The van der Waals surface area contributed by atoms with E-state index >= 15 is 0 Å². The maximum Gasteiger partial charge on any atom is 0.233 e. The van der Waals surface area contributed by atoms with Gasteiger partial charge in [-0.05, 0) is 32.6 Å². The molecule has 0 N–H and O–H groups in total. The molecule has 136 valence electrons. The van der Waals surface area contributed by atoms with Crippen molar-refractivity contribution in [3.8, 4) is 5.75 Å². The lowest BCUT2D eigenvalue weighted by atomic mass is 10.3. The maximum atomic E-state index is 6.20. The number of likely N-dealkylation sites (tertiary alicyclic amines) is 1. The molecule has 4 heterocycles. The summed E-state index contributed by atoms with van der Waals surface area (Å²) in [5.41, 5.74) is 2.19. The Labute approximate surface area is 153 Å². The minimum atomic E-state index is 0.210. The zero-order valence-corrected chi connectivity index (χ0v) is 15.2. The van der Waals surface area contributed by atoms with Crippen LogP contribution in [0.25, 0.3) is 5.78 Å². The lowest BCUT2D eigenvalue weighted by molar-refractivity contribution is 0.197. The Balaban J connectivity index is 1.37. The SMILES string of the molecule is CN(C)Cc1cc(OC2CCN(Cc3cnc4ncccn34)C2)ccn1.